The molecule has 2 atom stereocenters. The second-order valence-electron chi connectivity index (χ2n) is 7.87. The second-order valence-corrected chi connectivity index (χ2v) is 8.93. The van der Waals surface area contributed by atoms with Crippen molar-refractivity contribution in [1.29, 1.82) is 0 Å². The molecule has 170 valence electrons. The van der Waals surface area contributed by atoms with Gasteiger partial charge in [-0.1, -0.05) is 6.42 Å². The van der Waals surface area contributed by atoms with Crippen LogP contribution in [-0.2, 0) is 20.9 Å². The number of thiazole rings is 1. The molecule has 1 saturated heterocycles. The molecule has 0 spiro atoms. The van der Waals surface area contributed by atoms with Gasteiger partial charge in [-0.3, -0.25) is 9.69 Å². The maximum Gasteiger partial charge on any atom is 0.490 e. The molecule has 2 aliphatic rings. The van der Waals surface area contributed by atoms with Crippen LogP contribution < -0.4 is 0 Å². The normalized spacial score (nSPS) is 24.0. The molecule has 2 unspecified atom stereocenters. The van der Waals surface area contributed by atoms with Crippen molar-refractivity contribution >= 4 is 23.2 Å². The number of fused-ring (bicyclic) bond motifs is 2. The van der Waals surface area contributed by atoms with Gasteiger partial charge in [0.05, 0.1) is 16.8 Å². The highest BCUT2D eigenvalue weighted by Crippen LogP contribution is 2.37. The summed E-state index contributed by atoms with van der Waals surface area (Å²) in [4.78, 5) is 29.4. The van der Waals surface area contributed by atoms with Crippen LogP contribution in [0.1, 0.15) is 30.0 Å². The first-order valence-electron chi connectivity index (χ1n) is 9.72. The third-order valence-corrected chi connectivity index (χ3v) is 6.08. The van der Waals surface area contributed by atoms with Crippen molar-refractivity contribution < 1.29 is 32.6 Å². The summed E-state index contributed by atoms with van der Waals surface area (Å²) in [6.07, 6.45) is -1.12. The summed E-state index contributed by atoms with van der Waals surface area (Å²) in [6, 6.07) is 0. The first-order valence-corrected chi connectivity index (χ1v) is 10.6. The summed E-state index contributed by atoms with van der Waals surface area (Å²) in [5.74, 6) is -1.59. The maximum atomic E-state index is 11.8. The molecule has 1 amide bonds. The predicted octanol–water partition coefficient (Wildman–Crippen LogP) is 2.79. The van der Waals surface area contributed by atoms with E-state index < -0.39 is 12.1 Å². The van der Waals surface area contributed by atoms with Crippen LogP contribution in [0.4, 0.5) is 13.2 Å². The number of nitrogens with zero attached hydrogens (tertiary/aromatic N) is 3. The molecule has 2 fully saturated rings. The number of aryl methyl sites for hydroxylation is 1. The quantitative estimate of drug-likeness (QED) is 0.741. The molecule has 11 heteroatoms. The molecule has 1 saturated carbocycles. The summed E-state index contributed by atoms with van der Waals surface area (Å²) in [6.45, 7) is 5.35. The fourth-order valence-electron chi connectivity index (χ4n) is 3.89. The minimum Gasteiger partial charge on any atom is -0.475 e. The van der Waals surface area contributed by atoms with Crippen LogP contribution in [0.5, 0.6) is 0 Å². The van der Waals surface area contributed by atoms with E-state index in [-0.39, 0.29) is 18.6 Å². The molecule has 2 heterocycles. The van der Waals surface area contributed by atoms with Crippen LogP contribution in [0.15, 0.2) is 5.38 Å². The van der Waals surface area contributed by atoms with E-state index in [0.717, 1.165) is 24.6 Å². The molecule has 30 heavy (non-hydrogen) atoms. The Labute approximate surface area is 177 Å². The third kappa shape index (κ3) is 7.21. The first-order chi connectivity index (χ1) is 14.0. The number of rotatable bonds is 5. The molecule has 1 aromatic heterocycles. The molecule has 2 bridgehead atoms. The van der Waals surface area contributed by atoms with E-state index in [2.05, 4.69) is 22.2 Å². The van der Waals surface area contributed by atoms with Crippen LogP contribution in [0.3, 0.4) is 0 Å². The van der Waals surface area contributed by atoms with Gasteiger partial charge in [-0.15, -0.1) is 11.3 Å². The van der Waals surface area contributed by atoms with Crippen molar-refractivity contribution in [2.75, 3.05) is 33.8 Å². The Kier molecular flexibility index (Phi) is 8.62. The number of alkyl halides is 3. The van der Waals surface area contributed by atoms with Gasteiger partial charge in [-0.05, 0) is 31.6 Å². The van der Waals surface area contributed by atoms with E-state index in [9.17, 15) is 18.0 Å². The summed E-state index contributed by atoms with van der Waals surface area (Å²) >= 11 is 1.72. The second kappa shape index (κ2) is 10.5. The van der Waals surface area contributed by atoms with E-state index in [1.807, 2.05) is 0 Å². The average Bonchev–Trinajstić information content (AvgIpc) is 3.03. The number of ether oxygens (including phenoxy) is 1. The number of likely N-dealkylation sites (tertiary alicyclic amines) is 1. The monoisotopic (exact) mass is 451 g/mol. The Bertz CT molecular complexity index is 712. The molecule has 3 rings (SSSR count). The number of amides is 1. The van der Waals surface area contributed by atoms with Crippen molar-refractivity contribution in [2.24, 2.45) is 11.8 Å². The lowest BCUT2D eigenvalue weighted by Gasteiger charge is -2.46. The van der Waals surface area contributed by atoms with E-state index in [4.69, 9.17) is 14.6 Å². The number of hydrogen-bond acceptors (Lipinski definition) is 6. The van der Waals surface area contributed by atoms with Crippen LogP contribution in [0, 0.1) is 18.8 Å². The molecule has 0 aromatic carbocycles. The van der Waals surface area contributed by atoms with Crippen LogP contribution in [0.25, 0.3) is 0 Å². The van der Waals surface area contributed by atoms with E-state index in [1.54, 1.807) is 30.3 Å². The zero-order chi connectivity index (χ0) is 22.5. The minimum absolute atomic E-state index is 0.0588. The molecular weight excluding hydrogens is 423 g/mol. The van der Waals surface area contributed by atoms with Gasteiger partial charge < -0.3 is 14.7 Å². The predicted molar refractivity (Wildman–Crippen MR) is 105 cm³/mol. The smallest absolute Gasteiger partial charge is 0.475 e. The Morgan fingerprint density at radius 3 is 2.30 bits per heavy atom. The molecule has 1 aromatic rings. The SMILES string of the molecule is Cc1nc(CN2CC3CCCC(C2)C3OCC(=O)N(C)C)cs1.O=C(O)C(F)(F)F. The van der Waals surface area contributed by atoms with Crippen LogP contribution >= 0.6 is 11.3 Å². The Balaban J connectivity index is 0.000000396. The highest BCUT2D eigenvalue weighted by Gasteiger charge is 2.40. The standard InChI is InChI=1S/C17H27N3O2S.C2HF3O2/c1-12-18-15(11-23-12)9-20-7-13-5-4-6-14(8-20)17(13)22-10-16(21)19(2)3;3-2(4,5)1(6)7/h11,13-14,17H,4-10H2,1-3H3;(H,6,7). The van der Waals surface area contributed by atoms with Crippen molar-refractivity contribution in [1.82, 2.24) is 14.8 Å². The van der Waals surface area contributed by atoms with E-state index >= 15 is 0 Å². The van der Waals surface area contributed by atoms with Gasteiger partial charge in [-0.25, -0.2) is 9.78 Å². The van der Waals surface area contributed by atoms with Gasteiger partial charge in [0.15, 0.2) is 0 Å². The van der Waals surface area contributed by atoms with Gasteiger partial charge in [0.1, 0.15) is 6.61 Å². The lowest BCUT2D eigenvalue weighted by Crippen LogP contribution is -2.52. The highest BCUT2D eigenvalue weighted by molar-refractivity contribution is 7.09. The number of hydrogen-bond donors (Lipinski definition) is 1. The van der Waals surface area contributed by atoms with Gasteiger partial charge in [0, 0.05) is 39.1 Å². The Morgan fingerprint density at radius 2 is 1.87 bits per heavy atom. The molecule has 0 radical (unpaired) electrons. The van der Waals surface area contributed by atoms with Crippen molar-refractivity contribution in [3.8, 4) is 0 Å². The summed E-state index contributed by atoms with van der Waals surface area (Å²) in [7, 11) is 3.57. The maximum absolute atomic E-state index is 11.8. The van der Waals surface area contributed by atoms with Crippen molar-refractivity contribution in [3.05, 3.63) is 16.1 Å². The summed E-state index contributed by atoms with van der Waals surface area (Å²) < 4.78 is 37.8. The zero-order valence-electron chi connectivity index (χ0n) is 17.3. The zero-order valence-corrected chi connectivity index (χ0v) is 18.1. The number of carboxylic acid groups (broad SMARTS) is 1. The van der Waals surface area contributed by atoms with E-state index in [0.29, 0.717) is 11.8 Å². The third-order valence-electron chi connectivity index (χ3n) is 5.26. The van der Waals surface area contributed by atoms with Gasteiger partial charge in [-0.2, -0.15) is 13.2 Å². The number of carbonyl (C=O) groups excluding carboxylic acids is 1. The number of carboxylic acids is 1. The number of piperidine rings is 1. The summed E-state index contributed by atoms with van der Waals surface area (Å²) in [5, 5.41) is 10.4. The first kappa shape index (κ1) is 24.5. The number of aromatic nitrogens is 1. The number of aliphatic carboxylic acids is 1. The lowest BCUT2D eigenvalue weighted by molar-refractivity contribution is -0.192. The van der Waals surface area contributed by atoms with Crippen LogP contribution in [-0.4, -0.2) is 77.8 Å². The molecular formula is C19H28F3N3O4S. The molecule has 1 N–H and O–H groups in total. The number of halogens is 3. The molecule has 7 nitrogen and oxygen atoms in total. The van der Waals surface area contributed by atoms with Crippen molar-refractivity contribution in [2.45, 2.75) is 45.0 Å². The van der Waals surface area contributed by atoms with Crippen molar-refractivity contribution in [3.63, 3.8) is 0 Å². The largest absolute Gasteiger partial charge is 0.490 e. The molecule has 1 aliphatic carbocycles. The van der Waals surface area contributed by atoms with Crippen LogP contribution in [0.2, 0.25) is 0 Å². The highest BCUT2D eigenvalue weighted by atomic mass is 32.1. The van der Waals surface area contributed by atoms with E-state index in [1.165, 1.54) is 25.0 Å². The summed E-state index contributed by atoms with van der Waals surface area (Å²) in [5.41, 5.74) is 1.19. The Hall–Kier alpha value is -1.72. The minimum atomic E-state index is -5.08. The van der Waals surface area contributed by atoms with Gasteiger partial charge in [0.25, 0.3) is 0 Å². The average molecular weight is 452 g/mol. The topological polar surface area (TPSA) is 83.0 Å². The lowest BCUT2D eigenvalue weighted by atomic mass is 9.75. The number of likely N-dealkylation sites (N-methyl/N-ethyl adjacent to an activating group) is 1. The fourth-order valence-corrected chi connectivity index (χ4v) is 4.50. The fraction of sp³-hybridized carbons (Fsp3) is 0.737. The Morgan fingerprint density at radius 1 is 1.30 bits per heavy atom. The molecule has 1 aliphatic heterocycles. The van der Waals surface area contributed by atoms with Gasteiger partial charge >= 0.3 is 12.1 Å². The van der Waals surface area contributed by atoms with Gasteiger partial charge in [0.2, 0.25) is 5.91 Å². The number of carbonyl (C=O) groups is 2.